The van der Waals surface area contributed by atoms with Gasteiger partial charge in [-0.1, -0.05) is 33.8 Å². The molecule has 0 atom stereocenters. The summed E-state index contributed by atoms with van der Waals surface area (Å²) in [5, 5.41) is 0. The topological polar surface area (TPSA) is 38.7 Å². The minimum Gasteiger partial charge on any atom is -0.256 e. The average Bonchev–Trinajstić information content (AvgIpc) is 2.45. The molecular formula is C15H23N3. The van der Waals surface area contributed by atoms with Crippen LogP contribution in [0.5, 0.6) is 0 Å². The SMILES string of the molecule is CC.CC.Cc1ccc(-c2cnc(C)nc2)nc1. The molecule has 2 aromatic rings. The molecule has 0 radical (unpaired) electrons. The van der Waals surface area contributed by atoms with Crippen molar-refractivity contribution in [3.8, 4) is 11.3 Å². The van der Waals surface area contributed by atoms with Crippen LogP contribution >= 0.6 is 0 Å². The predicted octanol–water partition coefficient (Wildman–Crippen LogP) is 4.21. The van der Waals surface area contributed by atoms with E-state index in [1.807, 2.05) is 59.9 Å². The highest BCUT2D eigenvalue weighted by Crippen LogP contribution is 2.14. The number of aryl methyl sites for hydroxylation is 2. The third-order valence-corrected chi connectivity index (χ3v) is 1.99. The van der Waals surface area contributed by atoms with Crippen LogP contribution in [-0.4, -0.2) is 15.0 Å². The maximum atomic E-state index is 4.30. The molecular weight excluding hydrogens is 222 g/mol. The van der Waals surface area contributed by atoms with Crippen LogP contribution < -0.4 is 0 Å². The van der Waals surface area contributed by atoms with Crippen molar-refractivity contribution in [3.05, 3.63) is 42.1 Å². The van der Waals surface area contributed by atoms with Gasteiger partial charge in [-0.05, 0) is 25.5 Å². The molecule has 0 aliphatic carbocycles. The van der Waals surface area contributed by atoms with E-state index in [1.165, 1.54) is 0 Å². The Balaban J connectivity index is 0.000000659. The molecule has 0 saturated carbocycles. The van der Waals surface area contributed by atoms with Gasteiger partial charge in [-0.25, -0.2) is 9.97 Å². The van der Waals surface area contributed by atoms with Crippen LogP contribution in [0.15, 0.2) is 30.7 Å². The van der Waals surface area contributed by atoms with Crippen LogP contribution in [0.2, 0.25) is 0 Å². The van der Waals surface area contributed by atoms with Gasteiger partial charge in [-0.2, -0.15) is 0 Å². The lowest BCUT2D eigenvalue weighted by Gasteiger charge is -2.00. The van der Waals surface area contributed by atoms with Crippen molar-refractivity contribution in [1.29, 1.82) is 0 Å². The zero-order valence-electron chi connectivity index (χ0n) is 12.2. The highest BCUT2D eigenvalue weighted by molar-refractivity contribution is 5.56. The van der Waals surface area contributed by atoms with Gasteiger partial charge in [0, 0.05) is 24.2 Å². The van der Waals surface area contributed by atoms with E-state index >= 15 is 0 Å². The molecule has 3 heteroatoms. The van der Waals surface area contributed by atoms with E-state index < -0.39 is 0 Å². The number of hydrogen-bond acceptors (Lipinski definition) is 3. The normalized spacial score (nSPS) is 8.56. The monoisotopic (exact) mass is 245 g/mol. The van der Waals surface area contributed by atoms with Crippen molar-refractivity contribution in [2.45, 2.75) is 41.5 Å². The first kappa shape index (κ1) is 16.2. The Morgan fingerprint density at radius 2 is 1.28 bits per heavy atom. The summed E-state index contributed by atoms with van der Waals surface area (Å²) in [4.78, 5) is 12.6. The minimum atomic E-state index is 0.779. The Bertz CT molecular complexity index is 375. The lowest BCUT2D eigenvalue weighted by atomic mass is 10.2. The molecule has 0 amide bonds. The van der Waals surface area contributed by atoms with Gasteiger partial charge in [0.2, 0.25) is 0 Å². The number of nitrogens with zero attached hydrogens (tertiary/aromatic N) is 3. The largest absolute Gasteiger partial charge is 0.256 e. The van der Waals surface area contributed by atoms with E-state index in [0.717, 1.165) is 22.6 Å². The van der Waals surface area contributed by atoms with Gasteiger partial charge in [0.15, 0.2) is 0 Å². The summed E-state index contributed by atoms with van der Waals surface area (Å²) in [5.74, 6) is 0.779. The van der Waals surface area contributed by atoms with Crippen molar-refractivity contribution in [3.63, 3.8) is 0 Å². The van der Waals surface area contributed by atoms with Gasteiger partial charge in [0.1, 0.15) is 5.82 Å². The first-order chi connectivity index (χ1) is 8.75. The number of aromatic nitrogens is 3. The molecule has 0 aliphatic heterocycles. The van der Waals surface area contributed by atoms with Gasteiger partial charge in [-0.3, -0.25) is 4.98 Å². The third-order valence-electron chi connectivity index (χ3n) is 1.99. The smallest absolute Gasteiger partial charge is 0.125 e. The Morgan fingerprint density at radius 1 is 0.722 bits per heavy atom. The van der Waals surface area contributed by atoms with Crippen molar-refractivity contribution >= 4 is 0 Å². The third kappa shape index (κ3) is 5.04. The first-order valence-electron chi connectivity index (χ1n) is 6.47. The molecule has 98 valence electrons. The quantitative estimate of drug-likeness (QED) is 0.755. The van der Waals surface area contributed by atoms with E-state index in [9.17, 15) is 0 Å². The van der Waals surface area contributed by atoms with Crippen molar-refractivity contribution in [2.75, 3.05) is 0 Å². The van der Waals surface area contributed by atoms with Gasteiger partial charge in [-0.15, -0.1) is 0 Å². The van der Waals surface area contributed by atoms with Crippen molar-refractivity contribution in [2.24, 2.45) is 0 Å². The Labute approximate surface area is 110 Å². The zero-order valence-corrected chi connectivity index (χ0v) is 12.2. The second kappa shape index (κ2) is 9.28. The summed E-state index contributed by atoms with van der Waals surface area (Å²) in [6.07, 6.45) is 5.43. The summed E-state index contributed by atoms with van der Waals surface area (Å²) in [6, 6.07) is 4.01. The Hall–Kier alpha value is -1.77. The van der Waals surface area contributed by atoms with Gasteiger partial charge >= 0.3 is 0 Å². The predicted molar refractivity (Wildman–Crippen MR) is 77.4 cm³/mol. The standard InChI is InChI=1S/C11H11N3.2C2H6/c1-8-3-4-11(14-5-8)10-6-12-9(2)13-7-10;2*1-2/h3-7H,1-2H3;2*1-2H3. The first-order valence-corrected chi connectivity index (χ1v) is 6.47. The molecule has 18 heavy (non-hydrogen) atoms. The lowest BCUT2D eigenvalue weighted by Crippen LogP contribution is -1.89. The van der Waals surface area contributed by atoms with Crippen LogP contribution in [0.3, 0.4) is 0 Å². The van der Waals surface area contributed by atoms with E-state index in [1.54, 1.807) is 12.4 Å². The molecule has 0 bridgehead atoms. The molecule has 0 unspecified atom stereocenters. The number of pyridine rings is 1. The second-order valence-corrected chi connectivity index (χ2v) is 3.24. The van der Waals surface area contributed by atoms with Gasteiger partial charge in [0.05, 0.1) is 5.69 Å². The molecule has 0 saturated heterocycles. The van der Waals surface area contributed by atoms with E-state index in [-0.39, 0.29) is 0 Å². The summed E-state index contributed by atoms with van der Waals surface area (Å²) in [7, 11) is 0. The van der Waals surface area contributed by atoms with Crippen LogP contribution in [0.25, 0.3) is 11.3 Å². The molecule has 0 fully saturated rings. The maximum Gasteiger partial charge on any atom is 0.125 e. The molecule has 0 aromatic carbocycles. The minimum absolute atomic E-state index is 0.779. The van der Waals surface area contributed by atoms with Gasteiger partial charge < -0.3 is 0 Å². The van der Waals surface area contributed by atoms with E-state index in [4.69, 9.17) is 0 Å². The molecule has 2 heterocycles. The summed E-state index contributed by atoms with van der Waals surface area (Å²) < 4.78 is 0. The molecule has 0 spiro atoms. The molecule has 2 rings (SSSR count). The van der Waals surface area contributed by atoms with E-state index in [0.29, 0.717) is 0 Å². The summed E-state index contributed by atoms with van der Waals surface area (Å²) in [6.45, 7) is 11.9. The fourth-order valence-corrected chi connectivity index (χ4v) is 1.16. The lowest BCUT2D eigenvalue weighted by molar-refractivity contribution is 1.05. The molecule has 0 aliphatic rings. The van der Waals surface area contributed by atoms with Crippen LogP contribution in [0.4, 0.5) is 0 Å². The van der Waals surface area contributed by atoms with Crippen LogP contribution in [0.1, 0.15) is 39.1 Å². The van der Waals surface area contributed by atoms with Crippen molar-refractivity contribution in [1.82, 2.24) is 15.0 Å². The fourth-order valence-electron chi connectivity index (χ4n) is 1.16. The Kier molecular flexibility index (Phi) is 8.37. The molecule has 0 N–H and O–H groups in total. The van der Waals surface area contributed by atoms with Gasteiger partial charge in [0.25, 0.3) is 0 Å². The van der Waals surface area contributed by atoms with Crippen LogP contribution in [0, 0.1) is 13.8 Å². The second-order valence-electron chi connectivity index (χ2n) is 3.24. The average molecular weight is 245 g/mol. The van der Waals surface area contributed by atoms with E-state index in [2.05, 4.69) is 15.0 Å². The number of rotatable bonds is 1. The maximum absolute atomic E-state index is 4.30. The summed E-state index contributed by atoms with van der Waals surface area (Å²) >= 11 is 0. The molecule has 3 nitrogen and oxygen atoms in total. The summed E-state index contributed by atoms with van der Waals surface area (Å²) in [5.41, 5.74) is 3.02. The van der Waals surface area contributed by atoms with Crippen molar-refractivity contribution < 1.29 is 0 Å². The zero-order chi connectivity index (χ0) is 14.0. The highest BCUT2D eigenvalue weighted by Gasteiger charge is 1.98. The Morgan fingerprint density at radius 3 is 1.72 bits per heavy atom. The van der Waals surface area contributed by atoms with Crippen LogP contribution in [-0.2, 0) is 0 Å². The number of hydrogen-bond donors (Lipinski definition) is 0. The fraction of sp³-hybridized carbons (Fsp3) is 0.400. The molecule has 2 aromatic heterocycles. The highest BCUT2D eigenvalue weighted by atomic mass is 14.9.